The van der Waals surface area contributed by atoms with Crippen LogP contribution in [0.2, 0.25) is 0 Å². The Hall–Kier alpha value is -2.37. The molecule has 0 saturated carbocycles. The van der Waals surface area contributed by atoms with Crippen molar-refractivity contribution in [1.29, 1.82) is 0 Å². The van der Waals surface area contributed by atoms with E-state index in [0.717, 1.165) is 10.1 Å². The van der Waals surface area contributed by atoms with Crippen molar-refractivity contribution in [2.24, 2.45) is 0 Å². The molecule has 1 aromatic heterocycles. The lowest BCUT2D eigenvalue weighted by molar-refractivity contribution is 0.385. The second kappa shape index (κ2) is 4.38. The maximum Gasteiger partial charge on any atom is 0.335 e. The first kappa shape index (κ1) is 13.1. The van der Waals surface area contributed by atoms with Crippen LogP contribution in [-0.4, -0.2) is 14.7 Å². The molecule has 5 nitrogen and oxygen atoms in total. The number of nitrogens with one attached hydrogen (secondary N) is 1. The Morgan fingerprint density at radius 1 is 1.16 bits per heavy atom. The van der Waals surface area contributed by atoms with Crippen molar-refractivity contribution in [3.8, 4) is 11.6 Å². The van der Waals surface area contributed by atoms with Gasteiger partial charge in [-0.1, -0.05) is 17.7 Å². The molecule has 2 N–H and O–H groups in total. The number of aryl methyl sites for hydroxylation is 3. The average Bonchev–Trinajstić information content (AvgIpc) is 2.29. The Kier molecular flexibility index (Phi) is 3.01. The van der Waals surface area contributed by atoms with Crippen LogP contribution >= 0.6 is 0 Å². The van der Waals surface area contributed by atoms with Gasteiger partial charge in [-0.3, -0.25) is 9.78 Å². The van der Waals surface area contributed by atoms with Crippen LogP contribution in [0.1, 0.15) is 16.7 Å². The first-order valence-corrected chi connectivity index (χ1v) is 5.65. The molecule has 0 atom stereocenters. The lowest BCUT2D eigenvalue weighted by atomic mass is 10.0. The number of aromatic hydroxyl groups is 1. The quantitative estimate of drug-likeness (QED) is 0.815. The van der Waals surface area contributed by atoms with Crippen LogP contribution in [0.4, 0.5) is 4.39 Å². The molecule has 2 aromatic rings. The minimum absolute atomic E-state index is 0.364. The van der Waals surface area contributed by atoms with Gasteiger partial charge in [-0.25, -0.2) is 9.36 Å². The third-order valence-electron chi connectivity index (χ3n) is 2.89. The van der Waals surface area contributed by atoms with E-state index in [0.29, 0.717) is 16.8 Å². The Labute approximate surface area is 108 Å². The topological polar surface area (TPSA) is 75.1 Å². The van der Waals surface area contributed by atoms with E-state index < -0.39 is 22.9 Å². The first-order valence-electron chi connectivity index (χ1n) is 5.65. The summed E-state index contributed by atoms with van der Waals surface area (Å²) >= 11 is 0. The molecule has 1 heterocycles. The van der Waals surface area contributed by atoms with E-state index in [1.54, 1.807) is 26.0 Å². The number of hydrogen-bond acceptors (Lipinski definition) is 3. The third-order valence-corrected chi connectivity index (χ3v) is 2.89. The fraction of sp³-hybridized carbons (Fsp3) is 0.231. The molecule has 2 rings (SSSR count). The normalized spacial score (nSPS) is 10.7. The molecular formula is C13H13FN2O3. The molecule has 0 amide bonds. The van der Waals surface area contributed by atoms with Gasteiger partial charge in [-0.15, -0.1) is 0 Å². The zero-order valence-corrected chi connectivity index (χ0v) is 10.7. The van der Waals surface area contributed by atoms with Crippen molar-refractivity contribution >= 4 is 0 Å². The van der Waals surface area contributed by atoms with Crippen molar-refractivity contribution in [3.05, 3.63) is 55.5 Å². The molecular weight excluding hydrogens is 251 g/mol. The van der Waals surface area contributed by atoms with Gasteiger partial charge in [0.2, 0.25) is 11.7 Å². The molecule has 0 aliphatic heterocycles. The first-order chi connectivity index (χ1) is 8.82. The maximum absolute atomic E-state index is 13.4. The summed E-state index contributed by atoms with van der Waals surface area (Å²) in [6.07, 6.45) is 0. The van der Waals surface area contributed by atoms with Crippen LogP contribution in [0.15, 0.2) is 21.7 Å². The lowest BCUT2D eigenvalue weighted by Gasteiger charge is -2.14. The minimum Gasteiger partial charge on any atom is -0.492 e. The standard InChI is InChI=1S/C13H13FN2O3/c1-6-4-7(2)10(8(3)5-6)16-12(18)9(14)11(17)15-13(16)19/h4-5,18H,1-3H3,(H,15,17,19). The van der Waals surface area contributed by atoms with Crippen molar-refractivity contribution in [2.45, 2.75) is 20.8 Å². The SMILES string of the molecule is Cc1cc(C)c(-n2c(O)c(F)c(=O)[nH]c2=O)c(C)c1. The zero-order valence-electron chi connectivity index (χ0n) is 10.7. The lowest BCUT2D eigenvalue weighted by Crippen LogP contribution is -2.31. The zero-order chi connectivity index (χ0) is 14.3. The third kappa shape index (κ3) is 2.05. The summed E-state index contributed by atoms with van der Waals surface area (Å²) in [5.41, 5.74) is 0.627. The van der Waals surface area contributed by atoms with Crippen LogP contribution in [0.25, 0.3) is 5.69 Å². The predicted octanol–water partition coefficient (Wildman–Crippen LogP) is 1.30. The average molecular weight is 264 g/mol. The number of benzene rings is 1. The van der Waals surface area contributed by atoms with Crippen molar-refractivity contribution in [2.75, 3.05) is 0 Å². The van der Waals surface area contributed by atoms with Crippen molar-refractivity contribution < 1.29 is 9.50 Å². The molecule has 0 saturated heterocycles. The monoisotopic (exact) mass is 264 g/mol. The summed E-state index contributed by atoms with van der Waals surface area (Å²) in [6, 6.07) is 3.61. The molecule has 6 heteroatoms. The molecule has 0 bridgehead atoms. The van der Waals surface area contributed by atoms with Gasteiger partial charge >= 0.3 is 5.69 Å². The van der Waals surface area contributed by atoms with Gasteiger partial charge < -0.3 is 5.11 Å². The number of H-pyrrole nitrogens is 1. The maximum atomic E-state index is 13.4. The van der Waals surface area contributed by atoms with Crippen LogP contribution in [-0.2, 0) is 0 Å². The number of halogens is 1. The molecule has 100 valence electrons. The van der Waals surface area contributed by atoms with Gasteiger partial charge in [0.25, 0.3) is 5.56 Å². The Balaban J connectivity index is 2.92. The van der Waals surface area contributed by atoms with Gasteiger partial charge in [0.1, 0.15) is 0 Å². The molecule has 0 radical (unpaired) electrons. The number of aromatic nitrogens is 2. The largest absolute Gasteiger partial charge is 0.492 e. The smallest absolute Gasteiger partial charge is 0.335 e. The summed E-state index contributed by atoms with van der Waals surface area (Å²) in [5, 5.41) is 9.70. The van der Waals surface area contributed by atoms with E-state index in [4.69, 9.17) is 0 Å². The molecule has 0 spiro atoms. The molecule has 1 aromatic carbocycles. The number of aromatic amines is 1. The molecule has 0 unspecified atom stereocenters. The number of hydrogen-bond donors (Lipinski definition) is 2. The van der Waals surface area contributed by atoms with Gasteiger partial charge in [0.15, 0.2) is 0 Å². The van der Waals surface area contributed by atoms with Crippen LogP contribution in [0, 0.1) is 26.6 Å². The Bertz CT molecular complexity index is 751. The van der Waals surface area contributed by atoms with E-state index in [1.165, 1.54) is 0 Å². The van der Waals surface area contributed by atoms with E-state index >= 15 is 0 Å². The molecule has 0 aliphatic carbocycles. The van der Waals surface area contributed by atoms with E-state index in [1.807, 2.05) is 11.9 Å². The van der Waals surface area contributed by atoms with Gasteiger partial charge in [-0.05, 0) is 31.9 Å². The predicted molar refractivity (Wildman–Crippen MR) is 68.5 cm³/mol. The van der Waals surface area contributed by atoms with E-state index in [2.05, 4.69) is 0 Å². The number of nitrogens with zero attached hydrogens (tertiary/aromatic N) is 1. The van der Waals surface area contributed by atoms with E-state index in [-0.39, 0.29) is 0 Å². The van der Waals surface area contributed by atoms with Crippen molar-refractivity contribution in [1.82, 2.24) is 9.55 Å². The molecule has 19 heavy (non-hydrogen) atoms. The summed E-state index contributed by atoms with van der Waals surface area (Å²) in [6.45, 7) is 5.37. The molecule has 0 aliphatic rings. The number of rotatable bonds is 1. The summed E-state index contributed by atoms with van der Waals surface area (Å²) < 4.78 is 14.2. The highest BCUT2D eigenvalue weighted by atomic mass is 19.1. The Morgan fingerprint density at radius 2 is 1.68 bits per heavy atom. The second-order valence-corrected chi connectivity index (χ2v) is 4.48. The fourth-order valence-corrected chi connectivity index (χ4v) is 2.24. The van der Waals surface area contributed by atoms with Crippen molar-refractivity contribution in [3.63, 3.8) is 0 Å². The highest BCUT2D eigenvalue weighted by molar-refractivity contribution is 5.50. The van der Waals surface area contributed by atoms with E-state index in [9.17, 15) is 19.1 Å². The van der Waals surface area contributed by atoms with Crippen LogP contribution in [0.5, 0.6) is 5.88 Å². The fourth-order valence-electron chi connectivity index (χ4n) is 2.24. The highest BCUT2D eigenvalue weighted by Crippen LogP contribution is 2.23. The Morgan fingerprint density at radius 3 is 2.21 bits per heavy atom. The van der Waals surface area contributed by atoms with Gasteiger partial charge in [0, 0.05) is 0 Å². The van der Waals surface area contributed by atoms with Gasteiger partial charge in [0.05, 0.1) is 5.69 Å². The highest BCUT2D eigenvalue weighted by Gasteiger charge is 2.18. The van der Waals surface area contributed by atoms with Crippen LogP contribution < -0.4 is 11.2 Å². The molecule has 0 fully saturated rings. The summed E-state index contributed by atoms with van der Waals surface area (Å²) in [7, 11) is 0. The second-order valence-electron chi connectivity index (χ2n) is 4.48. The van der Waals surface area contributed by atoms with Gasteiger partial charge in [-0.2, -0.15) is 4.39 Å². The summed E-state index contributed by atoms with van der Waals surface area (Å²) in [4.78, 5) is 24.7. The van der Waals surface area contributed by atoms with Crippen LogP contribution in [0.3, 0.4) is 0 Å². The summed E-state index contributed by atoms with van der Waals surface area (Å²) in [5.74, 6) is -2.36. The minimum atomic E-state index is -1.38.